The molecule has 2 N–H and O–H groups in total. The molecule has 1 fully saturated rings. The zero-order valence-corrected chi connectivity index (χ0v) is 13.3. The smallest absolute Gasteiger partial charge is 0.339 e. The maximum atomic E-state index is 12.6. The molecule has 0 atom stereocenters. The average Bonchev–Trinajstić information content (AvgIpc) is 2.55. The predicted octanol–water partition coefficient (Wildman–Crippen LogP) is 3.48. The summed E-state index contributed by atoms with van der Waals surface area (Å²) in [7, 11) is 0. The molecule has 1 heterocycles. The van der Waals surface area contributed by atoms with Crippen LogP contribution in [-0.4, -0.2) is 24.2 Å². The summed E-state index contributed by atoms with van der Waals surface area (Å²) in [4.78, 5) is 12.6. The number of halogens is 1. The molecule has 0 aliphatic carbocycles. The molecule has 0 unspecified atom stereocenters. The molecule has 0 saturated carbocycles. The van der Waals surface area contributed by atoms with E-state index in [1.165, 1.54) is 18.2 Å². The quantitative estimate of drug-likeness (QED) is 0.845. The number of benzene rings is 2. The summed E-state index contributed by atoms with van der Waals surface area (Å²) in [6, 6.07) is 14.0. The molecule has 0 radical (unpaired) electrons. The Morgan fingerprint density at radius 3 is 2.48 bits per heavy atom. The van der Waals surface area contributed by atoms with Crippen molar-refractivity contribution in [2.45, 2.75) is 18.4 Å². The number of ether oxygens (including phenoxy) is 1. The zero-order valence-electron chi connectivity index (χ0n) is 12.6. The monoisotopic (exact) mass is 331 g/mol. The molecule has 1 aliphatic heterocycles. The summed E-state index contributed by atoms with van der Waals surface area (Å²) >= 11 is 5.91. The van der Waals surface area contributed by atoms with Crippen LogP contribution < -0.4 is 5.32 Å². The van der Waals surface area contributed by atoms with Crippen molar-refractivity contribution in [2.75, 3.05) is 13.1 Å². The average molecular weight is 332 g/mol. The lowest BCUT2D eigenvalue weighted by Crippen LogP contribution is -2.43. The van der Waals surface area contributed by atoms with Gasteiger partial charge in [-0.2, -0.15) is 0 Å². The second kappa shape index (κ2) is 6.60. The molecule has 2 aromatic rings. The second-order valence-corrected chi connectivity index (χ2v) is 6.13. The Balaban J connectivity index is 1.91. The fourth-order valence-corrected chi connectivity index (χ4v) is 3.18. The SMILES string of the molecule is O=C(OC1(c2ccccc2)CCNCC1)c1cc(O)cc(Cl)c1. The number of carbonyl (C=O) groups is 1. The number of phenolic OH excluding ortho intramolecular Hbond substituents is 1. The van der Waals surface area contributed by atoms with Gasteiger partial charge in [-0.05, 0) is 36.9 Å². The number of hydrogen-bond donors (Lipinski definition) is 2. The first kappa shape index (κ1) is 15.8. The number of nitrogens with one attached hydrogen (secondary N) is 1. The zero-order chi connectivity index (χ0) is 16.3. The van der Waals surface area contributed by atoms with Gasteiger partial charge >= 0.3 is 5.97 Å². The summed E-state index contributed by atoms with van der Waals surface area (Å²) in [6.07, 6.45) is 1.41. The van der Waals surface area contributed by atoms with E-state index in [1.54, 1.807) is 0 Å². The van der Waals surface area contributed by atoms with Gasteiger partial charge in [0.15, 0.2) is 0 Å². The van der Waals surface area contributed by atoms with Crippen LogP contribution in [0.4, 0.5) is 0 Å². The van der Waals surface area contributed by atoms with Crippen molar-refractivity contribution >= 4 is 17.6 Å². The Labute approximate surface area is 140 Å². The van der Waals surface area contributed by atoms with E-state index in [1.807, 2.05) is 30.3 Å². The van der Waals surface area contributed by atoms with Crippen LogP contribution in [-0.2, 0) is 10.3 Å². The van der Waals surface area contributed by atoms with Crippen LogP contribution in [0.15, 0.2) is 48.5 Å². The van der Waals surface area contributed by atoms with Crippen molar-refractivity contribution in [2.24, 2.45) is 0 Å². The van der Waals surface area contributed by atoms with E-state index < -0.39 is 11.6 Å². The van der Waals surface area contributed by atoms with E-state index in [2.05, 4.69) is 5.32 Å². The van der Waals surface area contributed by atoms with Gasteiger partial charge in [-0.3, -0.25) is 0 Å². The normalized spacial score (nSPS) is 16.7. The van der Waals surface area contributed by atoms with Crippen LogP contribution in [0, 0.1) is 0 Å². The lowest BCUT2D eigenvalue weighted by atomic mass is 9.84. The summed E-state index contributed by atoms with van der Waals surface area (Å²) in [5.74, 6) is -0.530. The minimum atomic E-state index is -0.651. The fourth-order valence-electron chi connectivity index (χ4n) is 2.95. The number of rotatable bonds is 3. The Morgan fingerprint density at radius 1 is 1.13 bits per heavy atom. The minimum absolute atomic E-state index is 0.0523. The molecular weight excluding hydrogens is 314 g/mol. The standard InChI is InChI=1S/C18H18ClNO3/c19-15-10-13(11-16(21)12-15)17(22)23-18(6-8-20-9-7-18)14-4-2-1-3-5-14/h1-5,10-12,20-21H,6-9H2. The first-order valence-electron chi connectivity index (χ1n) is 7.58. The van der Waals surface area contributed by atoms with E-state index in [-0.39, 0.29) is 11.3 Å². The van der Waals surface area contributed by atoms with Gasteiger partial charge in [-0.1, -0.05) is 41.9 Å². The van der Waals surface area contributed by atoms with Crippen LogP contribution in [0.25, 0.3) is 0 Å². The minimum Gasteiger partial charge on any atom is -0.508 e. The Bertz CT molecular complexity index is 676. The highest BCUT2D eigenvalue weighted by molar-refractivity contribution is 6.31. The molecule has 3 rings (SSSR count). The van der Waals surface area contributed by atoms with Crippen LogP contribution in [0.3, 0.4) is 0 Å². The summed E-state index contributed by atoms with van der Waals surface area (Å²) in [5, 5.41) is 13.2. The van der Waals surface area contributed by atoms with Gasteiger partial charge in [0, 0.05) is 17.9 Å². The van der Waals surface area contributed by atoms with Crippen LogP contribution in [0.1, 0.15) is 28.8 Å². The maximum absolute atomic E-state index is 12.6. The van der Waals surface area contributed by atoms with Gasteiger partial charge in [0.1, 0.15) is 11.4 Å². The molecule has 0 amide bonds. The highest BCUT2D eigenvalue weighted by atomic mass is 35.5. The molecule has 2 aromatic carbocycles. The molecule has 0 bridgehead atoms. The van der Waals surface area contributed by atoms with E-state index >= 15 is 0 Å². The first-order valence-corrected chi connectivity index (χ1v) is 7.96. The predicted molar refractivity (Wildman–Crippen MR) is 88.8 cm³/mol. The van der Waals surface area contributed by atoms with Crippen molar-refractivity contribution in [1.29, 1.82) is 0 Å². The summed E-state index contributed by atoms with van der Waals surface area (Å²) < 4.78 is 5.91. The first-order chi connectivity index (χ1) is 11.1. The van der Waals surface area contributed by atoms with E-state index in [4.69, 9.17) is 16.3 Å². The molecule has 120 valence electrons. The number of hydrogen-bond acceptors (Lipinski definition) is 4. The number of phenols is 1. The second-order valence-electron chi connectivity index (χ2n) is 5.70. The van der Waals surface area contributed by atoms with Gasteiger partial charge in [-0.25, -0.2) is 4.79 Å². The third-order valence-corrected chi connectivity index (χ3v) is 4.34. The summed E-state index contributed by atoms with van der Waals surface area (Å²) in [5.41, 5.74) is 0.589. The number of piperidine rings is 1. The maximum Gasteiger partial charge on any atom is 0.339 e. The third kappa shape index (κ3) is 3.49. The topological polar surface area (TPSA) is 58.6 Å². The molecule has 1 aliphatic rings. The fraction of sp³-hybridized carbons (Fsp3) is 0.278. The van der Waals surface area contributed by atoms with Crippen LogP contribution >= 0.6 is 11.6 Å². The lowest BCUT2D eigenvalue weighted by molar-refractivity contribution is -0.0378. The Morgan fingerprint density at radius 2 is 1.83 bits per heavy atom. The number of aromatic hydroxyl groups is 1. The van der Waals surface area contributed by atoms with Crippen molar-refractivity contribution in [3.8, 4) is 5.75 Å². The van der Waals surface area contributed by atoms with Gasteiger partial charge in [0.2, 0.25) is 0 Å². The molecule has 0 spiro atoms. The number of carbonyl (C=O) groups excluding carboxylic acids is 1. The van der Waals surface area contributed by atoms with Crippen molar-refractivity contribution in [1.82, 2.24) is 5.32 Å². The highest BCUT2D eigenvalue weighted by Crippen LogP contribution is 2.36. The largest absolute Gasteiger partial charge is 0.508 e. The van der Waals surface area contributed by atoms with Crippen molar-refractivity contribution in [3.63, 3.8) is 0 Å². The molecule has 0 aromatic heterocycles. The summed E-state index contributed by atoms with van der Waals surface area (Å²) in [6.45, 7) is 1.56. The van der Waals surface area contributed by atoms with Gasteiger partial charge in [0.05, 0.1) is 5.56 Å². The molecule has 5 heteroatoms. The van der Waals surface area contributed by atoms with Crippen LogP contribution in [0.5, 0.6) is 5.75 Å². The van der Waals surface area contributed by atoms with Crippen molar-refractivity contribution < 1.29 is 14.6 Å². The van der Waals surface area contributed by atoms with E-state index in [9.17, 15) is 9.90 Å². The Kier molecular flexibility index (Phi) is 4.55. The van der Waals surface area contributed by atoms with Gasteiger partial charge in [-0.15, -0.1) is 0 Å². The molecule has 1 saturated heterocycles. The van der Waals surface area contributed by atoms with Crippen LogP contribution in [0.2, 0.25) is 5.02 Å². The third-order valence-electron chi connectivity index (χ3n) is 4.12. The molecular formula is C18H18ClNO3. The van der Waals surface area contributed by atoms with Gasteiger partial charge < -0.3 is 15.2 Å². The lowest BCUT2D eigenvalue weighted by Gasteiger charge is -2.37. The van der Waals surface area contributed by atoms with Gasteiger partial charge in [0.25, 0.3) is 0 Å². The van der Waals surface area contributed by atoms with E-state index in [0.717, 1.165) is 18.7 Å². The Hall–Kier alpha value is -2.04. The van der Waals surface area contributed by atoms with Crippen molar-refractivity contribution in [3.05, 3.63) is 64.7 Å². The molecule has 23 heavy (non-hydrogen) atoms. The molecule has 4 nitrogen and oxygen atoms in total. The highest BCUT2D eigenvalue weighted by Gasteiger charge is 2.38. The van der Waals surface area contributed by atoms with E-state index in [0.29, 0.717) is 17.9 Å². The number of esters is 1.